The van der Waals surface area contributed by atoms with Gasteiger partial charge in [-0.15, -0.1) is 0 Å². The first-order valence-electron chi connectivity index (χ1n) is 5.99. The van der Waals surface area contributed by atoms with Crippen LogP contribution in [-0.4, -0.2) is 37.7 Å². The van der Waals surface area contributed by atoms with Crippen LogP contribution in [0.15, 0.2) is 40.1 Å². The molecule has 0 saturated heterocycles. The van der Waals surface area contributed by atoms with Crippen molar-refractivity contribution in [2.24, 2.45) is 0 Å². The maximum absolute atomic E-state index is 12.2. The molecule has 0 saturated carbocycles. The normalized spacial score (nSPS) is 11.0. The van der Waals surface area contributed by atoms with Gasteiger partial charge in [0.05, 0.1) is 11.6 Å². The van der Waals surface area contributed by atoms with E-state index >= 15 is 0 Å². The van der Waals surface area contributed by atoms with E-state index in [1.807, 2.05) is 0 Å². The van der Waals surface area contributed by atoms with Gasteiger partial charge in [0, 0.05) is 24.2 Å². The van der Waals surface area contributed by atoms with E-state index in [2.05, 4.69) is 31.2 Å². The number of hydrogen-bond acceptors (Lipinski definition) is 6. The molecule has 9 heteroatoms. The quantitative estimate of drug-likeness (QED) is 0.806. The number of anilines is 1. The van der Waals surface area contributed by atoms with Crippen molar-refractivity contribution in [3.8, 4) is 5.75 Å². The average Bonchev–Trinajstić information content (AvgIpc) is 2.46. The summed E-state index contributed by atoms with van der Waals surface area (Å²) in [5.74, 6) is 0.0174. The molecule has 0 aliphatic rings. The number of hydrogen-bond donors (Lipinski definition) is 1. The van der Waals surface area contributed by atoms with Crippen molar-refractivity contribution in [1.82, 2.24) is 9.97 Å². The molecule has 0 aliphatic carbocycles. The molecule has 0 unspecified atom stereocenters. The Bertz CT molecular complexity index is 824. The Morgan fingerprint density at radius 1 is 1.36 bits per heavy atom. The molecule has 0 fully saturated rings. The number of rotatable bonds is 4. The van der Waals surface area contributed by atoms with E-state index in [-0.39, 0.29) is 5.69 Å². The lowest BCUT2D eigenvalue weighted by Gasteiger charge is -2.08. The van der Waals surface area contributed by atoms with Gasteiger partial charge in [-0.1, -0.05) is 6.07 Å². The summed E-state index contributed by atoms with van der Waals surface area (Å²) in [7, 11) is -2.09. The van der Waals surface area contributed by atoms with Gasteiger partial charge in [0.1, 0.15) is 11.4 Å². The minimum atomic E-state index is -3.60. The predicted molar refractivity (Wildman–Crippen MR) is 83.8 cm³/mol. The molecule has 1 N–H and O–H groups in total. The highest BCUT2D eigenvalue weighted by molar-refractivity contribution is 9.10. The number of ether oxygens (including phenoxy) is 1. The summed E-state index contributed by atoms with van der Waals surface area (Å²) in [5.41, 5.74) is 0.425. The fraction of sp³-hybridized carbons (Fsp3) is 0.154. The van der Waals surface area contributed by atoms with E-state index in [0.717, 1.165) is 6.26 Å². The summed E-state index contributed by atoms with van der Waals surface area (Å²) in [6, 6.07) is 6.75. The van der Waals surface area contributed by atoms with Crippen LogP contribution in [-0.2, 0) is 9.84 Å². The van der Waals surface area contributed by atoms with Gasteiger partial charge in [-0.3, -0.25) is 4.79 Å². The molecule has 1 heterocycles. The number of halogens is 1. The SMILES string of the molecule is COc1cccc(NC(=O)c2nc(S(C)(=O)=O)ncc2Br)c1. The van der Waals surface area contributed by atoms with Crippen LogP contribution in [0.3, 0.4) is 0 Å². The summed E-state index contributed by atoms with van der Waals surface area (Å²) < 4.78 is 28.3. The fourth-order valence-electron chi connectivity index (χ4n) is 1.58. The molecular weight excluding hydrogens is 374 g/mol. The van der Waals surface area contributed by atoms with Crippen LogP contribution in [0, 0.1) is 0 Å². The van der Waals surface area contributed by atoms with Crippen LogP contribution < -0.4 is 10.1 Å². The summed E-state index contributed by atoms with van der Waals surface area (Å²) >= 11 is 3.13. The van der Waals surface area contributed by atoms with Gasteiger partial charge in [-0.05, 0) is 28.1 Å². The monoisotopic (exact) mass is 385 g/mol. The first-order chi connectivity index (χ1) is 10.3. The Morgan fingerprint density at radius 3 is 2.73 bits per heavy atom. The molecule has 1 aromatic carbocycles. The van der Waals surface area contributed by atoms with Gasteiger partial charge in [0.15, 0.2) is 0 Å². The number of methoxy groups -OCH3 is 1. The van der Waals surface area contributed by atoms with Gasteiger partial charge in [-0.2, -0.15) is 0 Å². The van der Waals surface area contributed by atoms with E-state index in [9.17, 15) is 13.2 Å². The molecular formula is C13H12BrN3O4S. The van der Waals surface area contributed by atoms with Crippen LogP contribution in [0.4, 0.5) is 5.69 Å². The number of nitrogens with one attached hydrogen (secondary N) is 1. The second-order valence-electron chi connectivity index (χ2n) is 4.31. The molecule has 2 aromatic rings. The maximum atomic E-state index is 12.2. The lowest BCUT2D eigenvalue weighted by Crippen LogP contribution is -2.17. The topological polar surface area (TPSA) is 98.2 Å². The van der Waals surface area contributed by atoms with E-state index < -0.39 is 20.9 Å². The maximum Gasteiger partial charge on any atom is 0.275 e. The highest BCUT2D eigenvalue weighted by Gasteiger charge is 2.18. The molecule has 0 aliphatic heterocycles. The van der Waals surface area contributed by atoms with Crippen LogP contribution in [0.5, 0.6) is 5.75 Å². The van der Waals surface area contributed by atoms with Crippen LogP contribution in [0.1, 0.15) is 10.5 Å². The zero-order valence-electron chi connectivity index (χ0n) is 11.7. The van der Waals surface area contributed by atoms with Crippen molar-refractivity contribution in [3.05, 3.63) is 40.6 Å². The van der Waals surface area contributed by atoms with Crippen molar-refractivity contribution in [1.29, 1.82) is 0 Å². The molecule has 1 amide bonds. The number of amides is 1. The second kappa shape index (κ2) is 6.41. The Hall–Kier alpha value is -2.00. The first-order valence-corrected chi connectivity index (χ1v) is 8.67. The van der Waals surface area contributed by atoms with Crippen molar-refractivity contribution < 1.29 is 17.9 Å². The largest absolute Gasteiger partial charge is 0.497 e. The van der Waals surface area contributed by atoms with Crippen molar-refractivity contribution in [2.45, 2.75) is 5.16 Å². The predicted octanol–water partition coefficient (Wildman–Crippen LogP) is 1.90. The van der Waals surface area contributed by atoms with E-state index in [1.165, 1.54) is 13.3 Å². The molecule has 0 radical (unpaired) electrons. The lowest BCUT2D eigenvalue weighted by atomic mass is 10.3. The Labute approximate surface area is 135 Å². The number of carbonyl (C=O) groups excluding carboxylic acids is 1. The van der Waals surface area contributed by atoms with Crippen LogP contribution in [0.25, 0.3) is 0 Å². The minimum Gasteiger partial charge on any atom is -0.497 e. The summed E-state index contributed by atoms with van der Waals surface area (Å²) in [6.07, 6.45) is 2.20. The molecule has 0 bridgehead atoms. The first kappa shape index (κ1) is 16.4. The van der Waals surface area contributed by atoms with E-state index in [1.54, 1.807) is 24.3 Å². The number of aromatic nitrogens is 2. The molecule has 116 valence electrons. The third-order valence-electron chi connectivity index (χ3n) is 2.60. The highest BCUT2D eigenvalue weighted by Crippen LogP contribution is 2.20. The van der Waals surface area contributed by atoms with Gasteiger partial charge in [0.2, 0.25) is 15.0 Å². The zero-order valence-corrected chi connectivity index (χ0v) is 14.1. The van der Waals surface area contributed by atoms with E-state index in [4.69, 9.17) is 4.74 Å². The van der Waals surface area contributed by atoms with E-state index in [0.29, 0.717) is 15.9 Å². The van der Waals surface area contributed by atoms with Gasteiger partial charge in [-0.25, -0.2) is 18.4 Å². The van der Waals surface area contributed by atoms with Gasteiger partial charge >= 0.3 is 0 Å². The number of benzene rings is 1. The lowest BCUT2D eigenvalue weighted by molar-refractivity contribution is 0.102. The summed E-state index contributed by atoms with van der Waals surface area (Å²) in [4.78, 5) is 19.7. The van der Waals surface area contributed by atoms with Crippen molar-refractivity contribution in [3.63, 3.8) is 0 Å². The molecule has 7 nitrogen and oxygen atoms in total. The van der Waals surface area contributed by atoms with Crippen molar-refractivity contribution in [2.75, 3.05) is 18.7 Å². The molecule has 0 atom stereocenters. The third kappa shape index (κ3) is 3.80. The molecule has 2 rings (SSSR count). The number of carbonyl (C=O) groups is 1. The fourth-order valence-corrected chi connectivity index (χ4v) is 2.45. The summed E-state index contributed by atoms with van der Waals surface area (Å²) in [6.45, 7) is 0. The van der Waals surface area contributed by atoms with Crippen molar-refractivity contribution >= 4 is 37.4 Å². The Kier molecular flexibility index (Phi) is 4.77. The second-order valence-corrected chi connectivity index (χ2v) is 7.07. The van der Waals surface area contributed by atoms with Crippen LogP contribution >= 0.6 is 15.9 Å². The highest BCUT2D eigenvalue weighted by atomic mass is 79.9. The smallest absolute Gasteiger partial charge is 0.275 e. The number of nitrogens with zero attached hydrogens (tertiary/aromatic N) is 2. The minimum absolute atomic E-state index is 0.0711. The molecule has 1 aromatic heterocycles. The molecule has 0 spiro atoms. The van der Waals surface area contributed by atoms with Gasteiger partial charge < -0.3 is 10.1 Å². The van der Waals surface area contributed by atoms with Crippen LogP contribution in [0.2, 0.25) is 0 Å². The Morgan fingerprint density at radius 2 is 2.09 bits per heavy atom. The average molecular weight is 386 g/mol. The Balaban J connectivity index is 2.33. The summed E-state index contributed by atoms with van der Waals surface area (Å²) in [5, 5.41) is 2.21. The standard InChI is InChI=1S/C13H12BrN3O4S/c1-21-9-5-3-4-8(6-9)16-12(18)11-10(14)7-15-13(17-11)22(2,19)20/h3-7H,1-2H3,(H,16,18). The van der Waals surface area contributed by atoms with Gasteiger partial charge in [0.25, 0.3) is 5.91 Å². The molecule has 22 heavy (non-hydrogen) atoms. The number of sulfone groups is 1. The third-order valence-corrected chi connectivity index (χ3v) is 4.04. The zero-order chi connectivity index (χ0) is 16.3.